The van der Waals surface area contributed by atoms with Gasteiger partial charge in [-0.3, -0.25) is 14.4 Å². The molecule has 0 aliphatic carbocycles. The van der Waals surface area contributed by atoms with Gasteiger partial charge in [-0.05, 0) is 103 Å². The van der Waals surface area contributed by atoms with Crippen molar-refractivity contribution in [2.24, 2.45) is 0 Å². The Bertz CT molecular complexity index is 1460. The zero-order valence-electron chi connectivity index (χ0n) is 42.1. The largest absolute Gasteiger partial charge is 0.462 e. The van der Waals surface area contributed by atoms with Gasteiger partial charge in [-0.25, -0.2) is 0 Å². The molecule has 0 saturated carbocycles. The number of unbranched alkanes of at least 4 members (excludes halogenated alkanes) is 14. The van der Waals surface area contributed by atoms with Crippen molar-refractivity contribution in [3.63, 3.8) is 0 Å². The molecule has 0 aromatic carbocycles. The zero-order valence-corrected chi connectivity index (χ0v) is 42.1. The Balaban J connectivity index is 4.55. The van der Waals surface area contributed by atoms with Gasteiger partial charge in [-0.2, -0.15) is 0 Å². The van der Waals surface area contributed by atoms with E-state index in [1.54, 1.807) is 0 Å². The van der Waals surface area contributed by atoms with E-state index in [1.807, 2.05) is 12.2 Å². The average molecular weight is 911 g/mol. The molecule has 0 amide bonds. The molecule has 0 heterocycles. The molecule has 0 aromatic rings. The quantitative estimate of drug-likeness (QED) is 0.0199. The maximum absolute atomic E-state index is 12.8. The first kappa shape index (κ1) is 61.5. The molecule has 0 N–H and O–H groups in total. The molecule has 1 unspecified atom stereocenters. The van der Waals surface area contributed by atoms with Gasteiger partial charge in [0.1, 0.15) is 13.2 Å². The van der Waals surface area contributed by atoms with E-state index in [0.717, 1.165) is 116 Å². The van der Waals surface area contributed by atoms with Crippen LogP contribution in [-0.4, -0.2) is 37.2 Å². The zero-order chi connectivity index (χ0) is 47.9. The normalized spacial score (nSPS) is 13.2. The molecule has 6 nitrogen and oxygen atoms in total. The van der Waals surface area contributed by atoms with Crippen molar-refractivity contribution < 1.29 is 28.6 Å². The third-order valence-electron chi connectivity index (χ3n) is 10.5. The first-order chi connectivity index (χ1) is 32.5. The van der Waals surface area contributed by atoms with Crippen molar-refractivity contribution in [1.82, 2.24) is 0 Å². The van der Waals surface area contributed by atoms with Crippen molar-refractivity contribution in [3.05, 3.63) is 134 Å². The molecule has 0 rings (SSSR count). The Hall–Kier alpha value is -4.45. The van der Waals surface area contributed by atoms with Gasteiger partial charge in [-0.1, -0.05) is 219 Å². The van der Waals surface area contributed by atoms with Gasteiger partial charge in [0.25, 0.3) is 0 Å². The number of hydrogen-bond donors (Lipinski definition) is 0. The molecule has 0 saturated heterocycles. The predicted molar refractivity (Wildman–Crippen MR) is 283 cm³/mol. The van der Waals surface area contributed by atoms with Crippen molar-refractivity contribution in [2.75, 3.05) is 13.2 Å². The molecule has 370 valence electrons. The minimum absolute atomic E-state index is 0.115. The maximum Gasteiger partial charge on any atom is 0.306 e. The Morgan fingerprint density at radius 2 is 0.652 bits per heavy atom. The fourth-order valence-corrected chi connectivity index (χ4v) is 6.62. The monoisotopic (exact) mass is 911 g/mol. The van der Waals surface area contributed by atoms with Crippen LogP contribution in [0.2, 0.25) is 0 Å². The molecule has 0 fully saturated rings. The molecular weight excluding hydrogens is 817 g/mol. The number of carbonyl (C=O) groups excluding carboxylic acids is 3. The smallest absolute Gasteiger partial charge is 0.306 e. The average Bonchev–Trinajstić information content (AvgIpc) is 3.31. The summed E-state index contributed by atoms with van der Waals surface area (Å²) in [6.45, 7) is 6.19. The van der Waals surface area contributed by atoms with Crippen molar-refractivity contribution in [3.8, 4) is 0 Å². The molecule has 0 aliphatic heterocycles. The summed E-state index contributed by atoms with van der Waals surface area (Å²) in [6.07, 6.45) is 74.4. The van der Waals surface area contributed by atoms with Crippen LogP contribution in [0.15, 0.2) is 134 Å². The van der Waals surface area contributed by atoms with Crippen LogP contribution in [0.25, 0.3) is 0 Å². The summed E-state index contributed by atoms with van der Waals surface area (Å²) >= 11 is 0. The van der Waals surface area contributed by atoms with E-state index in [-0.39, 0.29) is 37.5 Å². The first-order valence-electron chi connectivity index (χ1n) is 26.2. The van der Waals surface area contributed by atoms with Crippen LogP contribution in [0.3, 0.4) is 0 Å². The van der Waals surface area contributed by atoms with E-state index in [9.17, 15) is 14.4 Å². The summed E-state index contributed by atoms with van der Waals surface area (Å²) in [6, 6.07) is 0. The fourth-order valence-electron chi connectivity index (χ4n) is 6.62. The van der Waals surface area contributed by atoms with E-state index in [0.29, 0.717) is 19.3 Å². The van der Waals surface area contributed by atoms with E-state index in [4.69, 9.17) is 14.2 Å². The topological polar surface area (TPSA) is 78.9 Å². The van der Waals surface area contributed by atoms with E-state index in [1.165, 1.54) is 44.9 Å². The summed E-state index contributed by atoms with van der Waals surface area (Å²) in [4.78, 5) is 38.0. The molecule has 0 spiro atoms. The summed E-state index contributed by atoms with van der Waals surface area (Å²) in [5, 5.41) is 0. The number of ether oxygens (including phenoxy) is 3. The van der Waals surface area contributed by atoms with E-state index in [2.05, 4.69) is 142 Å². The van der Waals surface area contributed by atoms with E-state index >= 15 is 0 Å². The Morgan fingerprint density at radius 1 is 0.318 bits per heavy atom. The minimum atomic E-state index is -0.823. The van der Waals surface area contributed by atoms with Crippen LogP contribution in [0.1, 0.15) is 207 Å². The van der Waals surface area contributed by atoms with Crippen LogP contribution >= 0.6 is 0 Å². The highest BCUT2D eigenvalue weighted by Gasteiger charge is 2.19. The van der Waals surface area contributed by atoms with Gasteiger partial charge in [0.15, 0.2) is 6.10 Å². The van der Waals surface area contributed by atoms with Crippen molar-refractivity contribution in [1.29, 1.82) is 0 Å². The van der Waals surface area contributed by atoms with Crippen molar-refractivity contribution in [2.45, 2.75) is 213 Å². The SMILES string of the molecule is CC\C=C/C=C\C=C/CCCCCCCCCC(=O)OC(COC(=O)CC/C=C\C/C=C\C/C=C\C/C=C\C/C=C\C/C=C\CC)COC(=O)CCCCCCCCC/C=C\C/C=C\CC. The predicted octanol–water partition coefficient (Wildman–Crippen LogP) is 17.5. The van der Waals surface area contributed by atoms with Crippen LogP contribution in [0.5, 0.6) is 0 Å². The molecule has 6 heteroatoms. The summed E-state index contributed by atoms with van der Waals surface area (Å²) in [7, 11) is 0. The summed E-state index contributed by atoms with van der Waals surface area (Å²) in [5.41, 5.74) is 0. The highest BCUT2D eigenvalue weighted by atomic mass is 16.6. The Morgan fingerprint density at radius 3 is 1.11 bits per heavy atom. The van der Waals surface area contributed by atoms with Crippen LogP contribution in [-0.2, 0) is 28.6 Å². The van der Waals surface area contributed by atoms with Gasteiger partial charge in [0.2, 0.25) is 0 Å². The molecule has 0 aliphatic rings. The fraction of sp³-hybridized carbons (Fsp3) is 0.583. The third-order valence-corrected chi connectivity index (χ3v) is 10.5. The number of rotatable bonds is 45. The van der Waals surface area contributed by atoms with Crippen LogP contribution in [0, 0.1) is 0 Å². The second-order valence-corrected chi connectivity index (χ2v) is 16.7. The van der Waals surface area contributed by atoms with Crippen LogP contribution < -0.4 is 0 Å². The third kappa shape index (κ3) is 50.5. The lowest BCUT2D eigenvalue weighted by molar-refractivity contribution is -0.166. The van der Waals surface area contributed by atoms with Gasteiger partial charge < -0.3 is 14.2 Å². The summed E-state index contributed by atoms with van der Waals surface area (Å²) in [5.74, 6) is -1.03. The van der Waals surface area contributed by atoms with Gasteiger partial charge in [0, 0.05) is 19.3 Å². The summed E-state index contributed by atoms with van der Waals surface area (Å²) < 4.78 is 16.7. The number of hydrogen-bond acceptors (Lipinski definition) is 6. The second kappa shape index (κ2) is 53.2. The standard InChI is InChI=1S/C60H94O6/c1-4-7-10-13-16-19-22-25-28-29-30-31-33-35-38-41-44-47-50-53-59(62)65-56-57(55-64-58(61)52-49-46-43-40-37-34-27-24-21-18-15-12-9-6-3)66-60(63)54-51-48-45-42-39-36-32-26-23-20-17-14-11-8-5-2/h7-12,14,16-21,23,25,28,30-31,35,38,44,47,57H,4-6,13,15,22,24,26-27,29,32-34,36-37,39-43,45-46,48-56H2,1-3H3/b10-7-,11-8-,12-9-,17-14-,19-16-,21-18-,23-20-,28-25-,31-30-,38-35-,47-44-. The Labute approximate surface area is 405 Å². The van der Waals surface area contributed by atoms with Crippen molar-refractivity contribution >= 4 is 17.9 Å². The molecule has 0 aromatic heterocycles. The van der Waals surface area contributed by atoms with Gasteiger partial charge in [-0.15, -0.1) is 0 Å². The lowest BCUT2D eigenvalue weighted by Crippen LogP contribution is -2.30. The highest BCUT2D eigenvalue weighted by Crippen LogP contribution is 2.13. The van der Waals surface area contributed by atoms with Gasteiger partial charge >= 0.3 is 17.9 Å². The maximum atomic E-state index is 12.8. The number of allylic oxidation sites excluding steroid dienone is 22. The van der Waals surface area contributed by atoms with E-state index < -0.39 is 6.10 Å². The number of carbonyl (C=O) groups is 3. The minimum Gasteiger partial charge on any atom is -0.462 e. The molecular formula is C60H94O6. The lowest BCUT2D eigenvalue weighted by Gasteiger charge is -2.18. The first-order valence-corrected chi connectivity index (χ1v) is 26.2. The second-order valence-electron chi connectivity index (χ2n) is 16.7. The molecule has 0 radical (unpaired) electrons. The van der Waals surface area contributed by atoms with Crippen LogP contribution in [0.4, 0.5) is 0 Å². The van der Waals surface area contributed by atoms with Gasteiger partial charge in [0.05, 0.1) is 0 Å². The highest BCUT2D eigenvalue weighted by molar-refractivity contribution is 5.71. The molecule has 66 heavy (non-hydrogen) atoms. The lowest BCUT2D eigenvalue weighted by atomic mass is 10.1. The number of esters is 3. The molecule has 1 atom stereocenters. The Kier molecular flexibility index (Phi) is 49.6. The molecule has 0 bridgehead atoms.